The molecule has 5 rings (SSSR count). The predicted molar refractivity (Wildman–Crippen MR) is 121 cm³/mol. The van der Waals surface area contributed by atoms with E-state index >= 15 is 0 Å². The van der Waals surface area contributed by atoms with Crippen molar-refractivity contribution in [3.05, 3.63) is 105 Å². The van der Waals surface area contributed by atoms with Gasteiger partial charge in [-0.25, -0.2) is 13.8 Å². The predicted octanol–water partition coefficient (Wildman–Crippen LogP) is 4.56. The average Bonchev–Trinajstić information content (AvgIpc) is 3.18. The maximum absolute atomic E-state index is 14.5. The fourth-order valence-corrected chi connectivity index (χ4v) is 4.91. The van der Waals surface area contributed by atoms with E-state index in [-0.39, 0.29) is 6.54 Å². The zero-order valence-corrected chi connectivity index (χ0v) is 17.4. The van der Waals surface area contributed by atoms with Crippen LogP contribution in [0.1, 0.15) is 5.56 Å². The fraction of sp³-hybridized carbons (Fsp3) is 0.0833. The second kappa shape index (κ2) is 7.52. The van der Waals surface area contributed by atoms with Gasteiger partial charge in [0.2, 0.25) is 0 Å². The summed E-state index contributed by atoms with van der Waals surface area (Å²) >= 11 is 1.33. The summed E-state index contributed by atoms with van der Waals surface area (Å²) in [6.07, 6.45) is 0. The van der Waals surface area contributed by atoms with E-state index < -0.39 is 17.1 Å². The lowest BCUT2D eigenvalue weighted by Gasteiger charge is -2.14. The number of benzene rings is 3. The molecular formula is C24H17FN2O3S. The van der Waals surface area contributed by atoms with Gasteiger partial charge in [0.15, 0.2) is 0 Å². The van der Waals surface area contributed by atoms with Crippen LogP contribution in [0.4, 0.5) is 4.39 Å². The zero-order chi connectivity index (χ0) is 21.5. The number of thiophene rings is 1. The van der Waals surface area contributed by atoms with Crippen LogP contribution >= 0.6 is 11.3 Å². The first-order chi connectivity index (χ1) is 15.1. The molecule has 31 heavy (non-hydrogen) atoms. The maximum atomic E-state index is 14.5. The summed E-state index contributed by atoms with van der Waals surface area (Å²) in [5.41, 5.74) is 0.364. The van der Waals surface area contributed by atoms with E-state index in [1.54, 1.807) is 42.5 Å². The van der Waals surface area contributed by atoms with E-state index in [0.29, 0.717) is 27.2 Å². The molecular weight excluding hydrogens is 415 g/mol. The first-order valence-electron chi connectivity index (χ1n) is 9.63. The van der Waals surface area contributed by atoms with E-state index in [1.807, 2.05) is 24.3 Å². The summed E-state index contributed by atoms with van der Waals surface area (Å²) in [7, 11) is 1.52. The molecule has 0 radical (unpaired) electrons. The van der Waals surface area contributed by atoms with Crippen molar-refractivity contribution in [2.24, 2.45) is 0 Å². The van der Waals surface area contributed by atoms with Crippen molar-refractivity contribution < 1.29 is 9.13 Å². The third kappa shape index (κ3) is 3.14. The summed E-state index contributed by atoms with van der Waals surface area (Å²) < 4.78 is 23.7. The van der Waals surface area contributed by atoms with Gasteiger partial charge in [-0.05, 0) is 24.3 Å². The van der Waals surface area contributed by atoms with Crippen LogP contribution in [0.3, 0.4) is 0 Å². The minimum absolute atomic E-state index is 0.00693. The highest BCUT2D eigenvalue weighted by atomic mass is 32.1. The lowest BCUT2D eigenvalue weighted by Crippen LogP contribution is -2.38. The highest BCUT2D eigenvalue weighted by Crippen LogP contribution is 2.31. The Morgan fingerprint density at radius 3 is 2.55 bits per heavy atom. The minimum atomic E-state index is -0.530. The van der Waals surface area contributed by atoms with E-state index in [0.717, 1.165) is 14.7 Å². The number of fused-ring (bicyclic) bond motifs is 3. The number of halogens is 1. The van der Waals surface area contributed by atoms with Crippen LogP contribution in [0.2, 0.25) is 0 Å². The van der Waals surface area contributed by atoms with Crippen molar-refractivity contribution in [3.8, 4) is 11.4 Å². The number of rotatable bonds is 4. The lowest BCUT2D eigenvalue weighted by atomic mass is 10.2. The van der Waals surface area contributed by atoms with Crippen LogP contribution < -0.4 is 16.0 Å². The van der Waals surface area contributed by atoms with Crippen LogP contribution in [0.25, 0.3) is 26.0 Å². The second-order valence-corrected chi connectivity index (χ2v) is 8.13. The topological polar surface area (TPSA) is 53.2 Å². The molecule has 0 unspecified atom stereocenters. The molecule has 5 nitrogen and oxygen atoms in total. The summed E-state index contributed by atoms with van der Waals surface area (Å²) in [4.78, 5) is 27.1. The molecule has 3 aromatic carbocycles. The smallest absolute Gasteiger partial charge is 0.336 e. The first kappa shape index (κ1) is 19.3. The van der Waals surface area contributed by atoms with Crippen LogP contribution in [0.15, 0.2) is 82.4 Å². The van der Waals surface area contributed by atoms with Crippen molar-refractivity contribution in [2.45, 2.75) is 6.54 Å². The molecule has 0 aliphatic heterocycles. The third-order valence-corrected chi connectivity index (χ3v) is 6.40. The summed E-state index contributed by atoms with van der Waals surface area (Å²) in [6, 6.07) is 20.6. The Kier molecular flexibility index (Phi) is 4.67. The Bertz CT molecular complexity index is 1570. The SMILES string of the molecule is COc1cccc(-n2c(=O)c3sc4ccccc4c3n(Cc3ccccc3F)c2=O)c1. The van der Waals surface area contributed by atoms with Gasteiger partial charge >= 0.3 is 5.69 Å². The molecule has 0 saturated carbocycles. The van der Waals surface area contributed by atoms with Gasteiger partial charge in [-0.1, -0.05) is 42.5 Å². The highest BCUT2D eigenvalue weighted by Gasteiger charge is 2.20. The van der Waals surface area contributed by atoms with Gasteiger partial charge in [0.05, 0.1) is 24.9 Å². The molecule has 0 saturated heterocycles. The average molecular weight is 432 g/mol. The molecule has 0 fully saturated rings. The Labute approximate surface area is 180 Å². The highest BCUT2D eigenvalue weighted by molar-refractivity contribution is 7.25. The van der Waals surface area contributed by atoms with E-state index in [1.165, 1.54) is 29.1 Å². The van der Waals surface area contributed by atoms with Crippen molar-refractivity contribution in [3.63, 3.8) is 0 Å². The molecule has 0 N–H and O–H groups in total. The van der Waals surface area contributed by atoms with Crippen molar-refractivity contribution >= 4 is 31.6 Å². The Morgan fingerprint density at radius 2 is 1.74 bits per heavy atom. The summed E-state index contributed by atoms with van der Waals surface area (Å²) in [5, 5.41) is 0.797. The molecule has 0 atom stereocenters. The van der Waals surface area contributed by atoms with Crippen molar-refractivity contribution in [2.75, 3.05) is 7.11 Å². The molecule has 5 aromatic rings. The normalized spacial score (nSPS) is 11.3. The Hall–Kier alpha value is -3.71. The monoisotopic (exact) mass is 432 g/mol. The summed E-state index contributed by atoms with van der Waals surface area (Å²) in [6.45, 7) is 0.00693. The van der Waals surface area contributed by atoms with Gasteiger partial charge in [-0.2, -0.15) is 0 Å². The Morgan fingerprint density at radius 1 is 0.968 bits per heavy atom. The lowest BCUT2D eigenvalue weighted by molar-refractivity contribution is 0.414. The molecule has 0 aliphatic carbocycles. The maximum Gasteiger partial charge on any atom is 0.336 e. The molecule has 2 heterocycles. The molecule has 0 amide bonds. The fourth-order valence-electron chi connectivity index (χ4n) is 3.77. The van der Waals surface area contributed by atoms with Gasteiger partial charge in [0, 0.05) is 21.7 Å². The van der Waals surface area contributed by atoms with Crippen molar-refractivity contribution in [1.82, 2.24) is 9.13 Å². The number of hydrogen-bond donors (Lipinski definition) is 0. The molecule has 0 spiro atoms. The molecule has 7 heteroatoms. The van der Waals surface area contributed by atoms with Gasteiger partial charge < -0.3 is 4.74 Å². The second-order valence-electron chi connectivity index (χ2n) is 7.08. The number of ether oxygens (including phenoxy) is 1. The van der Waals surface area contributed by atoms with Gasteiger partial charge in [0.1, 0.15) is 16.3 Å². The number of methoxy groups -OCH3 is 1. The van der Waals surface area contributed by atoms with Gasteiger partial charge in [-0.3, -0.25) is 9.36 Å². The van der Waals surface area contributed by atoms with E-state index in [9.17, 15) is 14.0 Å². The molecule has 0 bridgehead atoms. The summed E-state index contributed by atoms with van der Waals surface area (Å²) in [5.74, 6) is 0.127. The van der Waals surface area contributed by atoms with Crippen LogP contribution in [-0.4, -0.2) is 16.2 Å². The zero-order valence-electron chi connectivity index (χ0n) is 16.5. The first-order valence-corrected chi connectivity index (χ1v) is 10.4. The molecule has 2 aromatic heterocycles. The minimum Gasteiger partial charge on any atom is -0.497 e. The van der Waals surface area contributed by atoms with E-state index in [4.69, 9.17) is 4.74 Å². The number of nitrogens with zero attached hydrogens (tertiary/aromatic N) is 2. The molecule has 0 aliphatic rings. The van der Waals surface area contributed by atoms with Gasteiger partial charge in [-0.15, -0.1) is 11.3 Å². The quantitative estimate of drug-likeness (QED) is 0.418. The third-order valence-electron chi connectivity index (χ3n) is 5.26. The standard InChI is InChI=1S/C24H17FN2O3S/c1-30-17-9-6-8-16(13-17)27-23(28)22-21(18-10-3-5-12-20(18)31-22)26(24(27)29)14-15-7-2-4-11-19(15)25/h2-13H,14H2,1H3. The molecule has 154 valence electrons. The van der Waals surface area contributed by atoms with Crippen LogP contribution in [-0.2, 0) is 6.54 Å². The van der Waals surface area contributed by atoms with E-state index in [2.05, 4.69) is 0 Å². The van der Waals surface area contributed by atoms with Crippen molar-refractivity contribution in [1.29, 1.82) is 0 Å². The number of hydrogen-bond acceptors (Lipinski definition) is 4. The Balaban J connectivity index is 1.90. The van der Waals surface area contributed by atoms with Gasteiger partial charge in [0.25, 0.3) is 5.56 Å². The number of aromatic nitrogens is 2. The van der Waals surface area contributed by atoms with Crippen LogP contribution in [0.5, 0.6) is 5.75 Å². The largest absolute Gasteiger partial charge is 0.497 e. The van der Waals surface area contributed by atoms with Crippen LogP contribution in [0, 0.1) is 5.82 Å².